The first-order chi connectivity index (χ1) is 14.0. The summed E-state index contributed by atoms with van der Waals surface area (Å²) in [6.07, 6.45) is 3.24. The van der Waals surface area contributed by atoms with Gasteiger partial charge in [0.2, 0.25) is 0 Å². The fourth-order valence-corrected chi connectivity index (χ4v) is 3.11. The summed E-state index contributed by atoms with van der Waals surface area (Å²) in [5.41, 5.74) is 5.24. The van der Waals surface area contributed by atoms with Crippen molar-refractivity contribution in [2.45, 2.75) is 20.4 Å². The van der Waals surface area contributed by atoms with E-state index in [1.165, 1.54) is 0 Å². The van der Waals surface area contributed by atoms with E-state index in [0.29, 0.717) is 23.6 Å². The van der Waals surface area contributed by atoms with Crippen LogP contribution >= 0.6 is 0 Å². The molecule has 3 rings (SSSR count). The van der Waals surface area contributed by atoms with E-state index in [4.69, 9.17) is 9.47 Å². The number of pyridine rings is 1. The standard InChI is InChI=1S/C23H25N3O3/c1-15-7-16(2)9-19(8-15)26-23(27)18-11-20(14-24-13-18)25-12-17-5-6-21(28-3)22(10-17)29-4/h5-11,13-14,25H,12H2,1-4H3,(H,26,27). The number of carbonyl (C=O) groups excluding carboxylic acids is 1. The van der Waals surface area contributed by atoms with Crippen molar-refractivity contribution >= 4 is 17.3 Å². The molecule has 6 nitrogen and oxygen atoms in total. The van der Waals surface area contributed by atoms with Gasteiger partial charge < -0.3 is 20.1 Å². The van der Waals surface area contributed by atoms with Crippen LogP contribution in [0, 0.1) is 13.8 Å². The Morgan fingerprint density at radius 2 is 1.62 bits per heavy atom. The highest BCUT2D eigenvalue weighted by molar-refractivity contribution is 6.04. The van der Waals surface area contributed by atoms with E-state index >= 15 is 0 Å². The number of rotatable bonds is 7. The number of hydrogen-bond donors (Lipinski definition) is 2. The van der Waals surface area contributed by atoms with Crippen molar-refractivity contribution in [1.82, 2.24) is 4.98 Å². The van der Waals surface area contributed by atoms with Gasteiger partial charge in [0.15, 0.2) is 11.5 Å². The number of nitrogens with one attached hydrogen (secondary N) is 2. The largest absolute Gasteiger partial charge is 0.493 e. The van der Waals surface area contributed by atoms with Crippen LogP contribution in [-0.2, 0) is 6.54 Å². The van der Waals surface area contributed by atoms with Crippen molar-refractivity contribution in [2.75, 3.05) is 24.9 Å². The van der Waals surface area contributed by atoms with Crippen molar-refractivity contribution in [1.29, 1.82) is 0 Å². The molecule has 2 N–H and O–H groups in total. The molecule has 150 valence electrons. The molecular formula is C23H25N3O3. The molecule has 0 bridgehead atoms. The Balaban J connectivity index is 1.68. The molecule has 0 spiro atoms. The lowest BCUT2D eigenvalue weighted by molar-refractivity contribution is 0.102. The maximum Gasteiger partial charge on any atom is 0.257 e. The van der Waals surface area contributed by atoms with Crippen molar-refractivity contribution in [3.05, 3.63) is 77.1 Å². The monoisotopic (exact) mass is 391 g/mol. The molecule has 6 heteroatoms. The van der Waals surface area contributed by atoms with Gasteiger partial charge in [0.25, 0.3) is 5.91 Å². The molecule has 0 radical (unpaired) electrons. The summed E-state index contributed by atoms with van der Waals surface area (Å²) in [4.78, 5) is 16.8. The van der Waals surface area contributed by atoms with Crippen LogP contribution in [0.4, 0.5) is 11.4 Å². The Morgan fingerprint density at radius 1 is 0.897 bits per heavy atom. The second-order valence-corrected chi connectivity index (χ2v) is 6.84. The van der Waals surface area contributed by atoms with Gasteiger partial charge in [-0.05, 0) is 60.9 Å². The highest BCUT2D eigenvalue weighted by atomic mass is 16.5. The predicted octanol–water partition coefficient (Wildman–Crippen LogP) is 4.58. The molecule has 0 aliphatic rings. The SMILES string of the molecule is COc1ccc(CNc2cncc(C(=O)Nc3cc(C)cc(C)c3)c2)cc1OC. The van der Waals surface area contributed by atoms with Crippen LogP contribution in [0.2, 0.25) is 0 Å². The van der Waals surface area contributed by atoms with Crippen LogP contribution < -0.4 is 20.1 Å². The normalized spacial score (nSPS) is 10.3. The summed E-state index contributed by atoms with van der Waals surface area (Å²) >= 11 is 0. The molecule has 2 aromatic carbocycles. The van der Waals surface area contributed by atoms with Crippen LogP contribution in [0.5, 0.6) is 11.5 Å². The van der Waals surface area contributed by atoms with E-state index in [1.807, 2.05) is 44.2 Å². The van der Waals surface area contributed by atoms with Crippen molar-refractivity contribution in [2.24, 2.45) is 0 Å². The lowest BCUT2D eigenvalue weighted by atomic mass is 10.1. The summed E-state index contributed by atoms with van der Waals surface area (Å²) in [7, 11) is 3.22. The lowest BCUT2D eigenvalue weighted by Crippen LogP contribution is -2.13. The molecule has 0 saturated heterocycles. The van der Waals surface area contributed by atoms with E-state index in [1.54, 1.807) is 32.7 Å². The molecule has 0 aliphatic carbocycles. The van der Waals surface area contributed by atoms with Gasteiger partial charge in [0.05, 0.1) is 25.5 Å². The van der Waals surface area contributed by atoms with Gasteiger partial charge in [-0.3, -0.25) is 9.78 Å². The predicted molar refractivity (Wildman–Crippen MR) is 115 cm³/mol. The third-order valence-corrected chi connectivity index (χ3v) is 4.42. The molecule has 0 atom stereocenters. The zero-order valence-electron chi connectivity index (χ0n) is 17.1. The number of amides is 1. The fraction of sp³-hybridized carbons (Fsp3) is 0.217. The summed E-state index contributed by atoms with van der Waals surface area (Å²) in [5.74, 6) is 1.16. The minimum Gasteiger partial charge on any atom is -0.493 e. The zero-order chi connectivity index (χ0) is 20.8. The zero-order valence-corrected chi connectivity index (χ0v) is 17.1. The summed E-state index contributed by atoms with van der Waals surface area (Å²) in [5, 5.41) is 6.22. The topological polar surface area (TPSA) is 72.5 Å². The Bertz CT molecular complexity index is 998. The number of carbonyl (C=O) groups is 1. The van der Waals surface area contributed by atoms with E-state index in [2.05, 4.69) is 21.7 Å². The molecular weight excluding hydrogens is 366 g/mol. The van der Waals surface area contributed by atoms with Crippen molar-refractivity contribution < 1.29 is 14.3 Å². The first-order valence-corrected chi connectivity index (χ1v) is 9.28. The molecule has 1 amide bonds. The van der Waals surface area contributed by atoms with Crippen molar-refractivity contribution in [3.8, 4) is 11.5 Å². The van der Waals surface area contributed by atoms with Gasteiger partial charge in [-0.25, -0.2) is 0 Å². The Morgan fingerprint density at radius 3 is 2.31 bits per heavy atom. The molecule has 29 heavy (non-hydrogen) atoms. The number of aromatic nitrogens is 1. The molecule has 1 heterocycles. The van der Waals surface area contributed by atoms with Crippen LogP contribution in [-0.4, -0.2) is 25.1 Å². The molecule has 0 fully saturated rings. The number of aryl methyl sites for hydroxylation is 2. The Hall–Kier alpha value is -3.54. The van der Waals surface area contributed by atoms with Gasteiger partial charge in [-0.1, -0.05) is 12.1 Å². The van der Waals surface area contributed by atoms with Gasteiger partial charge in [0.1, 0.15) is 0 Å². The maximum absolute atomic E-state index is 12.6. The van der Waals surface area contributed by atoms with Crippen LogP contribution in [0.25, 0.3) is 0 Å². The summed E-state index contributed by atoms with van der Waals surface area (Å²) < 4.78 is 10.6. The summed E-state index contributed by atoms with van der Waals surface area (Å²) in [6, 6.07) is 13.5. The molecule has 3 aromatic rings. The lowest BCUT2D eigenvalue weighted by Gasteiger charge is -2.12. The number of anilines is 2. The highest BCUT2D eigenvalue weighted by Gasteiger charge is 2.09. The number of ether oxygens (including phenoxy) is 2. The third kappa shape index (κ3) is 5.25. The van der Waals surface area contributed by atoms with E-state index in [0.717, 1.165) is 28.1 Å². The van der Waals surface area contributed by atoms with Gasteiger partial charge in [0, 0.05) is 24.6 Å². The second-order valence-electron chi connectivity index (χ2n) is 6.84. The van der Waals surface area contributed by atoms with Gasteiger partial charge in [-0.2, -0.15) is 0 Å². The first kappa shape index (κ1) is 20.2. The Kier molecular flexibility index (Phi) is 6.34. The molecule has 1 aromatic heterocycles. The van der Waals surface area contributed by atoms with Crippen LogP contribution in [0.3, 0.4) is 0 Å². The van der Waals surface area contributed by atoms with E-state index in [-0.39, 0.29) is 5.91 Å². The fourth-order valence-electron chi connectivity index (χ4n) is 3.11. The average Bonchev–Trinajstić information content (AvgIpc) is 2.71. The smallest absolute Gasteiger partial charge is 0.257 e. The average molecular weight is 391 g/mol. The number of nitrogens with zero attached hydrogens (tertiary/aromatic N) is 1. The minimum absolute atomic E-state index is 0.197. The van der Waals surface area contributed by atoms with Crippen LogP contribution in [0.15, 0.2) is 54.9 Å². The molecule has 0 aliphatic heterocycles. The number of benzene rings is 2. The van der Waals surface area contributed by atoms with Crippen molar-refractivity contribution in [3.63, 3.8) is 0 Å². The van der Waals surface area contributed by atoms with Gasteiger partial charge >= 0.3 is 0 Å². The minimum atomic E-state index is -0.197. The second kappa shape index (κ2) is 9.10. The summed E-state index contributed by atoms with van der Waals surface area (Å²) in [6.45, 7) is 4.57. The van der Waals surface area contributed by atoms with Crippen LogP contribution in [0.1, 0.15) is 27.0 Å². The maximum atomic E-state index is 12.6. The number of hydrogen-bond acceptors (Lipinski definition) is 5. The Labute approximate surface area is 170 Å². The van der Waals surface area contributed by atoms with E-state index in [9.17, 15) is 4.79 Å². The highest BCUT2D eigenvalue weighted by Crippen LogP contribution is 2.27. The quantitative estimate of drug-likeness (QED) is 0.617. The number of methoxy groups -OCH3 is 2. The molecule has 0 unspecified atom stereocenters. The van der Waals surface area contributed by atoms with E-state index < -0.39 is 0 Å². The molecule has 0 saturated carbocycles. The third-order valence-electron chi connectivity index (χ3n) is 4.42. The first-order valence-electron chi connectivity index (χ1n) is 9.28. The van der Waals surface area contributed by atoms with Gasteiger partial charge in [-0.15, -0.1) is 0 Å².